The summed E-state index contributed by atoms with van der Waals surface area (Å²) in [5, 5.41) is 2.57. The largest absolute Gasteiger partial charge is 0.338 e. The lowest BCUT2D eigenvalue weighted by Crippen LogP contribution is -2.44. The Morgan fingerprint density at radius 1 is 1.25 bits per heavy atom. The van der Waals surface area contributed by atoms with Crippen molar-refractivity contribution in [3.05, 3.63) is 42.0 Å². The molecule has 0 aromatic heterocycles. The van der Waals surface area contributed by atoms with E-state index in [2.05, 4.69) is 5.32 Å². The van der Waals surface area contributed by atoms with E-state index in [9.17, 15) is 14.4 Å². The third-order valence-corrected chi connectivity index (χ3v) is 2.51. The van der Waals surface area contributed by atoms with E-state index < -0.39 is 11.9 Å². The first-order valence-electron chi connectivity index (χ1n) is 6.45. The van der Waals surface area contributed by atoms with E-state index in [1.807, 2.05) is 37.3 Å². The summed E-state index contributed by atoms with van der Waals surface area (Å²) in [4.78, 5) is 35.1. The van der Waals surface area contributed by atoms with Crippen molar-refractivity contribution < 1.29 is 14.4 Å². The molecule has 1 rings (SSSR count). The fourth-order valence-electron chi connectivity index (χ4n) is 1.50. The molecule has 0 atom stereocenters. The van der Waals surface area contributed by atoms with E-state index in [0.29, 0.717) is 12.8 Å². The van der Waals surface area contributed by atoms with E-state index in [4.69, 9.17) is 0 Å². The number of benzene rings is 1. The standard InChI is InChI=1S/C15H18N2O3/c1-2-10-16-15(20)17(11-12-18)14(19)9-8-13-6-4-3-5-7-13/h3-9,12H,2,10-11H2,1H3,(H,16,20)/b9-8+. The minimum Gasteiger partial charge on any atom is -0.338 e. The molecule has 0 unspecified atom stereocenters. The van der Waals surface area contributed by atoms with Gasteiger partial charge in [-0.2, -0.15) is 0 Å². The molecule has 0 radical (unpaired) electrons. The van der Waals surface area contributed by atoms with Gasteiger partial charge in [0.25, 0.3) is 5.91 Å². The zero-order valence-electron chi connectivity index (χ0n) is 11.4. The Morgan fingerprint density at radius 3 is 2.55 bits per heavy atom. The van der Waals surface area contributed by atoms with Gasteiger partial charge in [0, 0.05) is 12.6 Å². The van der Waals surface area contributed by atoms with Crippen molar-refractivity contribution in [2.24, 2.45) is 0 Å². The van der Waals surface area contributed by atoms with E-state index in [-0.39, 0.29) is 6.54 Å². The van der Waals surface area contributed by atoms with Gasteiger partial charge < -0.3 is 10.1 Å². The van der Waals surface area contributed by atoms with Crippen molar-refractivity contribution in [2.75, 3.05) is 13.1 Å². The number of carbonyl (C=O) groups is 3. The van der Waals surface area contributed by atoms with Gasteiger partial charge in [0.15, 0.2) is 0 Å². The number of nitrogens with one attached hydrogen (secondary N) is 1. The molecular formula is C15H18N2O3. The Morgan fingerprint density at radius 2 is 1.95 bits per heavy atom. The Kier molecular flexibility index (Phi) is 6.75. The van der Waals surface area contributed by atoms with Gasteiger partial charge in [-0.25, -0.2) is 4.79 Å². The molecule has 0 heterocycles. The lowest BCUT2D eigenvalue weighted by atomic mass is 10.2. The van der Waals surface area contributed by atoms with Crippen molar-refractivity contribution in [2.45, 2.75) is 13.3 Å². The smallest absolute Gasteiger partial charge is 0.324 e. The van der Waals surface area contributed by atoms with E-state index >= 15 is 0 Å². The summed E-state index contributed by atoms with van der Waals surface area (Å²) < 4.78 is 0. The first kappa shape index (κ1) is 15.6. The van der Waals surface area contributed by atoms with Crippen LogP contribution in [0.2, 0.25) is 0 Å². The van der Waals surface area contributed by atoms with Gasteiger partial charge >= 0.3 is 6.03 Å². The van der Waals surface area contributed by atoms with Gasteiger partial charge in [-0.05, 0) is 18.1 Å². The highest BCUT2D eigenvalue weighted by Gasteiger charge is 2.17. The fourth-order valence-corrected chi connectivity index (χ4v) is 1.50. The molecule has 20 heavy (non-hydrogen) atoms. The highest BCUT2D eigenvalue weighted by Crippen LogP contribution is 2.02. The zero-order chi connectivity index (χ0) is 14.8. The molecular weight excluding hydrogens is 256 g/mol. The SMILES string of the molecule is CCCNC(=O)N(CC=O)C(=O)/C=C/c1ccccc1. The number of hydrogen-bond donors (Lipinski definition) is 1. The minimum absolute atomic E-state index is 0.256. The summed E-state index contributed by atoms with van der Waals surface area (Å²) in [6.07, 6.45) is 4.17. The summed E-state index contributed by atoms with van der Waals surface area (Å²) in [6, 6.07) is 8.69. The molecule has 1 aromatic rings. The van der Waals surface area contributed by atoms with Crippen LogP contribution in [-0.2, 0) is 9.59 Å². The average molecular weight is 274 g/mol. The first-order chi connectivity index (χ1) is 9.69. The number of imide groups is 1. The van der Waals surface area contributed by atoms with E-state index in [1.54, 1.807) is 6.08 Å². The molecule has 1 aromatic carbocycles. The quantitative estimate of drug-likeness (QED) is 0.636. The lowest BCUT2D eigenvalue weighted by molar-refractivity contribution is -0.125. The second-order valence-electron chi connectivity index (χ2n) is 4.09. The maximum absolute atomic E-state index is 11.9. The first-order valence-corrected chi connectivity index (χ1v) is 6.45. The topological polar surface area (TPSA) is 66.5 Å². The minimum atomic E-state index is -0.554. The molecule has 5 heteroatoms. The lowest BCUT2D eigenvalue weighted by Gasteiger charge is -2.16. The van der Waals surface area contributed by atoms with E-state index in [0.717, 1.165) is 16.9 Å². The van der Waals surface area contributed by atoms with Gasteiger partial charge in [0.2, 0.25) is 0 Å². The molecule has 1 N–H and O–H groups in total. The van der Waals surface area contributed by atoms with Crippen LogP contribution in [0, 0.1) is 0 Å². The summed E-state index contributed by atoms with van der Waals surface area (Å²) in [6.45, 7) is 2.11. The molecule has 0 saturated heterocycles. The number of aldehydes is 1. The monoisotopic (exact) mass is 274 g/mol. The Hall–Kier alpha value is -2.43. The molecule has 0 spiro atoms. The average Bonchev–Trinajstić information content (AvgIpc) is 2.49. The molecule has 0 aliphatic rings. The predicted octanol–water partition coefficient (Wildman–Crippen LogP) is 1.85. The highest BCUT2D eigenvalue weighted by atomic mass is 16.2. The van der Waals surface area contributed by atoms with Crippen molar-refractivity contribution in [1.29, 1.82) is 0 Å². The fraction of sp³-hybridized carbons (Fsp3) is 0.267. The van der Waals surface area contributed by atoms with Crippen LogP contribution in [0.4, 0.5) is 4.79 Å². The summed E-state index contributed by atoms with van der Waals surface area (Å²) in [7, 11) is 0. The summed E-state index contributed by atoms with van der Waals surface area (Å²) >= 11 is 0. The molecule has 3 amide bonds. The van der Waals surface area contributed by atoms with Crippen LogP contribution in [0.5, 0.6) is 0 Å². The van der Waals surface area contributed by atoms with Crippen molar-refractivity contribution in [3.8, 4) is 0 Å². The molecule has 0 aliphatic carbocycles. The van der Waals surface area contributed by atoms with Gasteiger partial charge in [-0.15, -0.1) is 0 Å². The number of carbonyl (C=O) groups excluding carboxylic acids is 3. The van der Waals surface area contributed by atoms with Crippen molar-refractivity contribution in [3.63, 3.8) is 0 Å². The predicted molar refractivity (Wildman–Crippen MR) is 76.9 cm³/mol. The summed E-state index contributed by atoms with van der Waals surface area (Å²) in [5.74, 6) is -0.519. The van der Waals surface area contributed by atoms with Crippen LogP contribution < -0.4 is 5.32 Å². The van der Waals surface area contributed by atoms with Crippen LogP contribution in [-0.4, -0.2) is 36.2 Å². The zero-order valence-corrected chi connectivity index (χ0v) is 11.4. The third kappa shape index (κ3) is 5.06. The number of amides is 3. The van der Waals surface area contributed by atoms with Gasteiger partial charge in [-0.3, -0.25) is 9.69 Å². The number of hydrogen-bond acceptors (Lipinski definition) is 3. The summed E-state index contributed by atoms with van der Waals surface area (Å²) in [5.41, 5.74) is 0.848. The van der Waals surface area contributed by atoms with Gasteiger partial charge in [-0.1, -0.05) is 37.3 Å². The number of rotatable bonds is 6. The molecule has 106 valence electrons. The molecule has 0 bridgehead atoms. The van der Waals surface area contributed by atoms with Crippen molar-refractivity contribution >= 4 is 24.3 Å². The van der Waals surface area contributed by atoms with Crippen LogP contribution in [0.25, 0.3) is 6.08 Å². The Balaban J connectivity index is 2.71. The Bertz CT molecular complexity index is 483. The highest BCUT2D eigenvalue weighted by molar-refractivity contribution is 6.03. The third-order valence-electron chi connectivity index (χ3n) is 2.51. The van der Waals surface area contributed by atoms with Gasteiger partial charge in [0.05, 0.1) is 6.54 Å². The normalized spacial score (nSPS) is 10.2. The molecule has 5 nitrogen and oxygen atoms in total. The molecule has 0 fully saturated rings. The van der Waals surface area contributed by atoms with Crippen LogP contribution in [0.1, 0.15) is 18.9 Å². The number of urea groups is 1. The second-order valence-corrected chi connectivity index (χ2v) is 4.09. The maximum atomic E-state index is 11.9. The second kappa shape index (κ2) is 8.63. The maximum Gasteiger partial charge on any atom is 0.324 e. The van der Waals surface area contributed by atoms with Crippen LogP contribution in [0.15, 0.2) is 36.4 Å². The van der Waals surface area contributed by atoms with E-state index in [1.165, 1.54) is 6.08 Å². The van der Waals surface area contributed by atoms with Crippen LogP contribution >= 0.6 is 0 Å². The van der Waals surface area contributed by atoms with Gasteiger partial charge in [0.1, 0.15) is 6.29 Å². The van der Waals surface area contributed by atoms with Crippen molar-refractivity contribution in [1.82, 2.24) is 10.2 Å². The molecule has 0 aliphatic heterocycles. The number of nitrogens with zero attached hydrogens (tertiary/aromatic N) is 1. The van der Waals surface area contributed by atoms with Crippen LogP contribution in [0.3, 0.4) is 0 Å². The molecule has 0 saturated carbocycles. The Labute approximate surface area is 118 Å².